The minimum absolute atomic E-state index is 0.574. The van der Waals surface area contributed by atoms with Crippen LogP contribution in [0.25, 0.3) is 0 Å². The summed E-state index contributed by atoms with van der Waals surface area (Å²) >= 11 is 0. The number of rotatable bonds is 6. The maximum atomic E-state index is 5.45. The van der Waals surface area contributed by atoms with Gasteiger partial charge in [0, 0.05) is 30.9 Å². The highest BCUT2D eigenvalue weighted by atomic mass is 16.5. The molecule has 0 radical (unpaired) electrons. The van der Waals surface area contributed by atoms with Gasteiger partial charge in [-0.3, -0.25) is 9.98 Å². The highest BCUT2D eigenvalue weighted by Gasteiger charge is 2.09. The van der Waals surface area contributed by atoms with Gasteiger partial charge >= 0.3 is 0 Å². The normalized spacial score (nSPS) is 11.2. The van der Waals surface area contributed by atoms with Gasteiger partial charge in [0.25, 0.3) is 0 Å². The SMILES string of the molecule is CN=C(NCc1ccc(OC)cc1)NCc1ncc(C)c(OC)c1C. The predicted molar refractivity (Wildman–Crippen MR) is 100 cm³/mol. The molecule has 0 saturated carbocycles. The molecule has 1 heterocycles. The van der Waals surface area contributed by atoms with Crippen LogP contribution in [0.15, 0.2) is 35.5 Å². The van der Waals surface area contributed by atoms with Gasteiger partial charge in [-0.2, -0.15) is 0 Å². The van der Waals surface area contributed by atoms with Crippen LogP contribution in [0, 0.1) is 13.8 Å². The molecular weight excluding hydrogens is 316 g/mol. The van der Waals surface area contributed by atoms with E-state index in [-0.39, 0.29) is 0 Å². The maximum absolute atomic E-state index is 5.45. The summed E-state index contributed by atoms with van der Waals surface area (Å²) in [5.74, 6) is 2.45. The van der Waals surface area contributed by atoms with Crippen LogP contribution < -0.4 is 20.1 Å². The van der Waals surface area contributed by atoms with Crippen LogP contribution in [0.5, 0.6) is 11.5 Å². The second kappa shape index (κ2) is 8.92. The zero-order valence-electron chi connectivity index (χ0n) is 15.5. The fourth-order valence-electron chi connectivity index (χ4n) is 2.57. The van der Waals surface area contributed by atoms with Crippen molar-refractivity contribution in [2.45, 2.75) is 26.9 Å². The van der Waals surface area contributed by atoms with Crippen molar-refractivity contribution in [3.05, 3.63) is 52.8 Å². The van der Waals surface area contributed by atoms with Crippen molar-refractivity contribution >= 4 is 5.96 Å². The molecule has 6 heteroatoms. The molecule has 0 aliphatic rings. The summed E-state index contributed by atoms with van der Waals surface area (Å²) in [5, 5.41) is 6.58. The van der Waals surface area contributed by atoms with Crippen LogP contribution >= 0.6 is 0 Å². The molecule has 0 atom stereocenters. The van der Waals surface area contributed by atoms with E-state index in [1.165, 1.54) is 0 Å². The summed E-state index contributed by atoms with van der Waals surface area (Å²) in [5.41, 5.74) is 4.16. The Morgan fingerprint density at radius 1 is 1.04 bits per heavy atom. The van der Waals surface area contributed by atoms with E-state index >= 15 is 0 Å². The van der Waals surface area contributed by atoms with Crippen molar-refractivity contribution in [2.24, 2.45) is 4.99 Å². The van der Waals surface area contributed by atoms with Crippen LogP contribution in [0.2, 0.25) is 0 Å². The molecule has 0 amide bonds. The molecule has 2 aromatic rings. The summed E-state index contributed by atoms with van der Waals surface area (Å²) in [4.78, 5) is 8.74. The van der Waals surface area contributed by atoms with E-state index in [9.17, 15) is 0 Å². The fourth-order valence-corrected chi connectivity index (χ4v) is 2.57. The molecule has 1 aromatic carbocycles. The second-order valence-corrected chi connectivity index (χ2v) is 5.67. The molecule has 1 aromatic heterocycles. The summed E-state index contributed by atoms with van der Waals surface area (Å²) < 4.78 is 10.6. The number of aliphatic imine (C=N–C) groups is 1. The average molecular weight is 342 g/mol. The van der Waals surface area contributed by atoms with E-state index in [0.717, 1.165) is 39.8 Å². The molecule has 0 spiro atoms. The number of benzene rings is 1. The van der Waals surface area contributed by atoms with E-state index in [1.807, 2.05) is 44.3 Å². The first-order valence-electron chi connectivity index (χ1n) is 8.15. The van der Waals surface area contributed by atoms with Gasteiger partial charge < -0.3 is 20.1 Å². The Balaban J connectivity index is 1.94. The number of aryl methyl sites for hydroxylation is 1. The lowest BCUT2D eigenvalue weighted by Gasteiger charge is -2.15. The number of nitrogens with one attached hydrogen (secondary N) is 2. The molecular formula is C19H26N4O2. The zero-order valence-corrected chi connectivity index (χ0v) is 15.5. The van der Waals surface area contributed by atoms with Crippen LogP contribution in [-0.4, -0.2) is 32.2 Å². The zero-order chi connectivity index (χ0) is 18.2. The van der Waals surface area contributed by atoms with Crippen LogP contribution in [-0.2, 0) is 13.1 Å². The Morgan fingerprint density at radius 2 is 1.72 bits per heavy atom. The van der Waals surface area contributed by atoms with Crippen LogP contribution in [0.1, 0.15) is 22.4 Å². The Bertz CT molecular complexity index is 727. The lowest BCUT2D eigenvalue weighted by molar-refractivity contribution is 0.406. The van der Waals surface area contributed by atoms with Crippen molar-refractivity contribution in [3.8, 4) is 11.5 Å². The third-order valence-corrected chi connectivity index (χ3v) is 4.02. The van der Waals surface area contributed by atoms with Crippen molar-refractivity contribution < 1.29 is 9.47 Å². The number of aromatic nitrogens is 1. The van der Waals surface area contributed by atoms with E-state index in [4.69, 9.17) is 9.47 Å². The highest BCUT2D eigenvalue weighted by molar-refractivity contribution is 5.79. The van der Waals surface area contributed by atoms with Gasteiger partial charge in [0.1, 0.15) is 11.5 Å². The standard InChI is InChI=1S/C19H26N4O2/c1-13-10-21-17(14(2)18(13)25-5)12-23-19(20-3)22-11-15-6-8-16(24-4)9-7-15/h6-10H,11-12H2,1-5H3,(H2,20,22,23). The number of nitrogens with zero attached hydrogens (tertiary/aromatic N) is 2. The van der Waals surface area contributed by atoms with E-state index in [2.05, 4.69) is 20.6 Å². The smallest absolute Gasteiger partial charge is 0.191 e. The van der Waals surface area contributed by atoms with Gasteiger partial charge in [-0.15, -0.1) is 0 Å². The van der Waals surface area contributed by atoms with Gasteiger partial charge in [-0.1, -0.05) is 12.1 Å². The molecule has 0 saturated heterocycles. The van der Waals surface area contributed by atoms with Gasteiger partial charge in [0.05, 0.1) is 26.5 Å². The molecule has 0 unspecified atom stereocenters. The molecule has 0 bridgehead atoms. The average Bonchev–Trinajstić information content (AvgIpc) is 2.64. The summed E-state index contributed by atoms with van der Waals surface area (Å²) in [7, 11) is 5.09. The van der Waals surface area contributed by atoms with Gasteiger partial charge in [0.2, 0.25) is 0 Å². The largest absolute Gasteiger partial charge is 0.497 e. The second-order valence-electron chi connectivity index (χ2n) is 5.67. The topological polar surface area (TPSA) is 67.8 Å². The molecule has 2 N–H and O–H groups in total. The quantitative estimate of drug-likeness (QED) is 0.624. The Kier molecular flexibility index (Phi) is 6.62. The number of guanidine groups is 1. The molecule has 0 fully saturated rings. The summed E-state index contributed by atoms with van der Waals surface area (Å²) in [6.07, 6.45) is 1.83. The fraction of sp³-hybridized carbons (Fsp3) is 0.368. The molecule has 25 heavy (non-hydrogen) atoms. The van der Waals surface area contributed by atoms with E-state index < -0.39 is 0 Å². The minimum atomic E-state index is 0.574. The van der Waals surface area contributed by atoms with Crippen molar-refractivity contribution in [2.75, 3.05) is 21.3 Å². The predicted octanol–water partition coefficient (Wildman–Crippen LogP) is 2.58. The van der Waals surface area contributed by atoms with Gasteiger partial charge in [-0.25, -0.2) is 0 Å². The number of hydrogen-bond donors (Lipinski definition) is 2. The van der Waals surface area contributed by atoms with Crippen LogP contribution in [0.3, 0.4) is 0 Å². The van der Waals surface area contributed by atoms with Crippen LogP contribution in [0.4, 0.5) is 0 Å². The maximum Gasteiger partial charge on any atom is 0.191 e. The lowest BCUT2D eigenvalue weighted by atomic mass is 10.1. The number of pyridine rings is 1. The Hall–Kier alpha value is -2.76. The first-order chi connectivity index (χ1) is 12.1. The molecule has 6 nitrogen and oxygen atoms in total. The summed E-state index contributed by atoms with van der Waals surface area (Å²) in [6.45, 7) is 5.26. The Labute approximate surface area is 149 Å². The number of methoxy groups -OCH3 is 2. The Morgan fingerprint density at radius 3 is 2.32 bits per heavy atom. The number of hydrogen-bond acceptors (Lipinski definition) is 4. The van der Waals surface area contributed by atoms with Gasteiger partial charge in [-0.05, 0) is 31.5 Å². The molecule has 0 aliphatic carbocycles. The third kappa shape index (κ3) is 4.86. The molecule has 134 valence electrons. The van der Waals surface area contributed by atoms with Crippen molar-refractivity contribution in [1.82, 2.24) is 15.6 Å². The van der Waals surface area contributed by atoms with E-state index in [1.54, 1.807) is 21.3 Å². The first-order valence-corrected chi connectivity index (χ1v) is 8.15. The summed E-state index contributed by atoms with van der Waals surface area (Å²) in [6, 6.07) is 7.93. The third-order valence-electron chi connectivity index (χ3n) is 4.02. The highest BCUT2D eigenvalue weighted by Crippen LogP contribution is 2.23. The van der Waals surface area contributed by atoms with Crippen molar-refractivity contribution in [3.63, 3.8) is 0 Å². The molecule has 0 aliphatic heterocycles. The lowest BCUT2D eigenvalue weighted by Crippen LogP contribution is -2.36. The van der Waals surface area contributed by atoms with E-state index in [0.29, 0.717) is 13.1 Å². The van der Waals surface area contributed by atoms with Gasteiger partial charge in [0.15, 0.2) is 5.96 Å². The molecule has 2 rings (SSSR count). The minimum Gasteiger partial charge on any atom is -0.497 e. The van der Waals surface area contributed by atoms with Crippen molar-refractivity contribution in [1.29, 1.82) is 0 Å². The monoisotopic (exact) mass is 342 g/mol. The number of ether oxygens (including phenoxy) is 2. The first kappa shape index (κ1) is 18.6.